The molecule has 0 saturated heterocycles. The van der Waals surface area contributed by atoms with Gasteiger partial charge in [-0.15, -0.1) is 0 Å². The van der Waals surface area contributed by atoms with Crippen LogP contribution in [0.25, 0.3) is 0 Å². The highest BCUT2D eigenvalue weighted by Crippen LogP contribution is 2.13. The summed E-state index contributed by atoms with van der Waals surface area (Å²) >= 11 is 0. The topological polar surface area (TPSA) is 105 Å². The van der Waals surface area contributed by atoms with Gasteiger partial charge < -0.3 is 18.9 Å². The van der Waals surface area contributed by atoms with Gasteiger partial charge in [-0.3, -0.25) is 19.2 Å². The van der Waals surface area contributed by atoms with E-state index in [1.165, 1.54) is 7.11 Å². The Kier molecular flexibility index (Phi) is 11.1. The SMILES string of the molecule is CCOC(=O)CC(=O)c1ccc(OC)cc1.COC(=O)CC(=O)c1ccc(OC)cc1. The molecular formula is C23H26O8. The van der Waals surface area contributed by atoms with Crippen LogP contribution in [-0.2, 0) is 19.1 Å². The molecule has 0 aliphatic carbocycles. The lowest BCUT2D eigenvalue weighted by molar-refractivity contribution is -0.142. The molecule has 0 fully saturated rings. The standard InChI is InChI=1S/C12H14O4.C11H12O4/c1-3-16-12(14)8-11(13)9-4-6-10(15-2)7-5-9;1-14-9-5-3-8(4-6-9)10(12)7-11(13)15-2/h4-7H,3,8H2,1-2H3;3-6H,7H2,1-2H3. The van der Waals surface area contributed by atoms with E-state index in [9.17, 15) is 19.2 Å². The first kappa shape index (κ1) is 25.4. The normalized spacial score (nSPS) is 9.55. The summed E-state index contributed by atoms with van der Waals surface area (Å²) < 4.78 is 19.0. The van der Waals surface area contributed by atoms with Gasteiger partial charge in [0, 0.05) is 11.1 Å². The summed E-state index contributed by atoms with van der Waals surface area (Å²) in [6, 6.07) is 13.2. The number of ether oxygens (including phenoxy) is 4. The molecule has 0 amide bonds. The highest BCUT2D eigenvalue weighted by atomic mass is 16.5. The minimum absolute atomic E-state index is 0.222. The van der Waals surface area contributed by atoms with Crippen molar-refractivity contribution >= 4 is 23.5 Å². The Hall–Kier alpha value is -3.68. The van der Waals surface area contributed by atoms with Gasteiger partial charge in [-0.2, -0.15) is 0 Å². The minimum atomic E-state index is -0.532. The Morgan fingerprint density at radius 3 is 1.35 bits per heavy atom. The lowest BCUT2D eigenvalue weighted by Gasteiger charge is -2.03. The first-order valence-corrected chi connectivity index (χ1v) is 9.41. The van der Waals surface area contributed by atoms with Crippen LogP contribution >= 0.6 is 0 Å². The van der Waals surface area contributed by atoms with Crippen molar-refractivity contribution in [3.05, 3.63) is 59.7 Å². The van der Waals surface area contributed by atoms with Crippen LogP contribution in [0.2, 0.25) is 0 Å². The summed E-state index contributed by atoms with van der Waals surface area (Å²) in [7, 11) is 4.35. The van der Waals surface area contributed by atoms with Crippen molar-refractivity contribution in [3.63, 3.8) is 0 Å². The molecule has 166 valence electrons. The van der Waals surface area contributed by atoms with Crippen molar-refractivity contribution in [1.29, 1.82) is 0 Å². The van der Waals surface area contributed by atoms with Crippen molar-refractivity contribution in [2.45, 2.75) is 19.8 Å². The number of rotatable bonds is 9. The largest absolute Gasteiger partial charge is 0.497 e. The average molecular weight is 430 g/mol. The maximum Gasteiger partial charge on any atom is 0.313 e. The summed E-state index contributed by atoms with van der Waals surface area (Å²) in [4.78, 5) is 45.0. The van der Waals surface area contributed by atoms with E-state index in [1.54, 1.807) is 69.7 Å². The molecule has 2 rings (SSSR count). The zero-order valence-corrected chi connectivity index (χ0v) is 18.0. The molecule has 31 heavy (non-hydrogen) atoms. The molecule has 8 heteroatoms. The van der Waals surface area contributed by atoms with E-state index in [0.717, 1.165) is 0 Å². The fraction of sp³-hybridized carbons (Fsp3) is 0.304. The van der Waals surface area contributed by atoms with E-state index in [4.69, 9.17) is 14.2 Å². The van der Waals surface area contributed by atoms with E-state index in [1.807, 2.05) is 0 Å². The number of carbonyl (C=O) groups is 4. The number of Topliss-reactive ketones (excluding diaryl/α,β-unsaturated/α-hetero) is 2. The highest BCUT2D eigenvalue weighted by molar-refractivity contribution is 6.06. The molecule has 0 saturated carbocycles. The maximum atomic E-state index is 11.6. The van der Waals surface area contributed by atoms with Crippen LogP contribution in [0.5, 0.6) is 11.5 Å². The Morgan fingerprint density at radius 1 is 0.645 bits per heavy atom. The van der Waals surface area contributed by atoms with Crippen LogP contribution in [0, 0.1) is 0 Å². The predicted molar refractivity (Wildman–Crippen MR) is 113 cm³/mol. The molecule has 0 atom stereocenters. The molecule has 2 aromatic rings. The van der Waals surface area contributed by atoms with Crippen molar-refractivity contribution in [2.75, 3.05) is 27.9 Å². The van der Waals surface area contributed by atoms with Gasteiger partial charge in [-0.1, -0.05) is 0 Å². The van der Waals surface area contributed by atoms with Gasteiger partial charge in [0.15, 0.2) is 11.6 Å². The molecule has 0 heterocycles. The second-order valence-corrected chi connectivity index (χ2v) is 6.04. The first-order valence-electron chi connectivity index (χ1n) is 9.41. The first-order chi connectivity index (χ1) is 14.8. The maximum absolute atomic E-state index is 11.6. The molecule has 0 aromatic heterocycles. The number of ketones is 2. The van der Waals surface area contributed by atoms with Gasteiger partial charge in [0.1, 0.15) is 24.3 Å². The lowest BCUT2D eigenvalue weighted by Crippen LogP contribution is -2.11. The molecule has 8 nitrogen and oxygen atoms in total. The lowest BCUT2D eigenvalue weighted by atomic mass is 10.1. The summed E-state index contributed by atoms with van der Waals surface area (Å²) in [5.74, 6) is -0.193. The summed E-state index contributed by atoms with van der Waals surface area (Å²) in [6.07, 6.45) is -0.455. The summed E-state index contributed by atoms with van der Waals surface area (Å²) in [5, 5.41) is 0. The predicted octanol–water partition coefficient (Wildman–Crippen LogP) is 3.27. The van der Waals surface area contributed by atoms with Gasteiger partial charge in [0.05, 0.1) is 27.9 Å². The van der Waals surface area contributed by atoms with Crippen molar-refractivity contribution in [1.82, 2.24) is 0 Å². The van der Waals surface area contributed by atoms with Crippen molar-refractivity contribution in [2.24, 2.45) is 0 Å². The molecule has 0 spiro atoms. The van der Waals surface area contributed by atoms with Crippen LogP contribution < -0.4 is 9.47 Å². The molecule has 0 aliphatic rings. The van der Waals surface area contributed by atoms with Crippen LogP contribution in [0.4, 0.5) is 0 Å². The van der Waals surface area contributed by atoms with E-state index < -0.39 is 11.9 Å². The van der Waals surface area contributed by atoms with Gasteiger partial charge in [0.2, 0.25) is 0 Å². The molecule has 0 radical (unpaired) electrons. The fourth-order valence-electron chi connectivity index (χ4n) is 2.30. The Morgan fingerprint density at radius 2 is 1.03 bits per heavy atom. The monoisotopic (exact) mass is 430 g/mol. The second-order valence-electron chi connectivity index (χ2n) is 6.04. The number of methoxy groups -OCH3 is 3. The summed E-state index contributed by atoms with van der Waals surface area (Å²) in [5.41, 5.74) is 0.954. The molecule has 0 unspecified atom stereocenters. The van der Waals surface area contributed by atoms with E-state index >= 15 is 0 Å². The Labute approximate surface area is 181 Å². The summed E-state index contributed by atoms with van der Waals surface area (Å²) in [6.45, 7) is 1.99. The van der Waals surface area contributed by atoms with E-state index in [-0.39, 0.29) is 31.0 Å². The third-order valence-corrected chi connectivity index (χ3v) is 3.97. The third kappa shape index (κ3) is 9.12. The van der Waals surface area contributed by atoms with Crippen LogP contribution in [-0.4, -0.2) is 51.4 Å². The van der Waals surface area contributed by atoms with Crippen LogP contribution in [0.15, 0.2) is 48.5 Å². The van der Waals surface area contributed by atoms with E-state index in [2.05, 4.69) is 4.74 Å². The number of hydrogen-bond donors (Lipinski definition) is 0. The van der Waals surface area contributed by atoms with E-state index in [0.29, 0.717) is 22.6 Å². The van der Waals surface area contributed by atoms with Crippen LogP contribution in [0.3, 0.4) is 0 Å². The third-order valence-electron chi connectivity index (χ3n) is 3.97. The quantitative estimate of drug-likeness (QED) is 0.339. The zero-order valence-electron chi connectivity index (χ0n) is 18.0. The van der Waals surface area contributed by atoms with Gasteiger partial charge in [-0.25, -0.2) is 0 Å². The molecule has 2 aromatic carbocycles. The molecule has 0 N–H and O–H groups in total. The highest BCUT2D eigenvalue weighted by Gasteiger charge is 2.13. The number of carbonyl (C=O) groups excluding carboxylic acids is 4. The van der Waals surface area contributed by atoms with Crippen molar-refractivity contribution in [3.8, 4) is 11.5 Å². The smallest absolute Gasteiger partial charge is 0.313 e. The Balaban J connectivity index is 0.000000311. The molecule has 0 aliphatic heterocycles. The number of hydrogen-bond acceptors (Lipinski definition) is 8. The van der Waals surface area contributed by atoms with Crippen molar-refractivity contribution < 1.29 is 38.1 Å². The minimum Gasteiger partial charge on any atom is -0.497 e. The van der Waals surface area contributed by atoms with Crippen LogP contribution in [0.1, 0.15) is 40.5 Å². The molecule has 0 bridgehead atoms. The van der Waals surface area contributed by atoms with Gasteiger partial charge in [0.25, 0.3) is 0 Å². The Bertz CT molecular complexity index is 869. The fourth-order valence-corrected chi connectivity index (χ4v) is 2.30. The second kappa shape index (κ2) is 13.5. The average Bonchev–Trinajstić information content (AvgIpc) is 2.79. The van der Waals surface area contributed by atoms with Gasteiger partial charge >= 0.3 is 11.9 Å². The number of benzene rings is 2. The zero-order chi connectivity index (χ0) is 23.2. The molecular weight excluding hydrogens is 404 g/mol. The number of esters is 2. The van der Waals surface area contributed by atoms with Gasteiger partial charge in [-0.05, 0) is 55.5 Å².